The molecule has 0 radical (unpaired) electrons. The van der Waals surface area contributed by atoms with Crippen LogP contribution in [0, 0.1) is 5.92 Å². The van der Waals surface area contributed by atoms with Crippen molar-refractivity contribution in [2.24, 2.45) is 10.9 Å². The molecule has 3 unspecified atom stereocenters. The Morgan fingerprint density at radius 3 is 2.67 bits per heavy atom. The number of benzene rings is 1. The Hall–Kier alpha value is -0.780. The molecule has 0 aliphatic heterocycles. The van der Waals surface area contributed by atoms with Crippen LogP contribution in [0.25, 0.3) is 0 Å². The van der Waals surface area contributed by atoms with E-state index < -0.39 is 0 Å². The lowest BCUT2D eigenvalue weighted by Crippen LogP contribution is -2.40. The van der Waals surface area contributed by atoms with E-state index in [9.17, 15) is 0 Å². The molecule has 0 saturated heterocycles. The predicted molar refractivity (Wildman–Crippen MR) is 102 cm³/mol. The summed E-state index contributed by atoms with van der Waals surface area (Å²) in [5.41, 5.74) is 1.37. The molecule has 3 nitrogen and oxygen atoms in total. The van der Waals surface area contributed by atoms with Crippen LogP contribution in [0.1, 0.15) is 44.6 Å². The summed E-state index contributed by atoms with van der Waals surface area (Å²) >= 11 is 0. The molecule has 118 valence electrons. The number of aliphatic imine (C=N–C) groups is 1. The number of hydrogen-bond donors (Lipinski definition) is 2. The van der Waals surface area contributed by atoms with Gasteiger partial charge in [-0.3, -0.25) is 4.99 Å². The Morgan fingerprint density at radius 1 is 1.33 bits per heavy atom. The molecule has 1 aliphatic rings. The SMILES string of the molecule is CCCC1CC1NC(=NC)NCC(C)c1ccccc1.I. The van der Waals surface area contributed by atoms with Crippen molar-refractivity contribution < 1.29 is 0 Å². The third-order valence-electron chi connectivity index (χ3n) is 4.07. The van der Waals surface area contributed by atoms with Crippen molar-refractivity contribution >= 4 is 29.9 Å². The van der Waals surface area contributed by atoms with Gasteiger partial charge in [0.15, 0.2) is 5.96 Å². The van der Waals surface area contributed by atoms with Crippen LogP contribution < -0.4 is 10.6 Å². The molecule has 2 rings (SSSR count). The summed E-state index contributed by atoms with van der Waals surface area (Å²) in [5.74, 6) is 2.28. The van der Waals surface area contributed by atoms with Gasteiger partial charge in [0.05, 0.1) is 0 Å². The highest BCUT2D eigenvalue weighted by atomic mass is 127. The van der Waals surface area contributed by atoms with Crippen molar-refractivity contribution in [3.63, 3.8) is 0 Å². The third kappa shape index (κ3) is 5.85. The molecule has 3 atom stereocenters. The second kappa shape index (κ2) is 9.28. The Bertz CT molecular complexity index is 433. The zero-order valence-corrected chi connectivity index (χ0v) is 15.6. The Kier molecular flexibility index (Phi) is 8.07. The molecule has 0 heterocycles. The molecule has 0 amide bonds. The first-order valence-electron chi connectivity index (χ1n) is 7.76. The topological polar surface area (TPSA) is 36.4 Å². The van der Waals surface area contributed by atoms with Crippen molar-refractivity contribution in [2.75, 3.05) is 13.6 Å². The van der Waals surface area contributed by atoms with Gasteiger partial charge < -0.3 is 10.6 Å². The Balaban J connectivity index is 0.00000220. The van der Waals surface area contributed by atoms with Crippen molar-refractivity contribution in [3.05, 3.63) is 35.9 Å². The van der Waals surface area contributed by atoms with Crippen molar-refractivity contribution in [1.29, 1.82) is 0 Å². The molecule has 1 saturated carbocycles. The first-order valence-corrected chi connectivity index (χ1v) is 7.76. The molecule has 1 fully saturated rings. The molecule has 1 aliphatic carbocycles. The van der Waals surface area contributed by atoms with Crippen LogP contribution in [-0.2, 0) is 0 Å². The summed E-state index contributed by atoms with van der Waals surface area (Å²) in [6.45, 7) is 5.41. The standard InChI is InChI=1S/C17H27N3.HI/c1-4-8-15-11-16(15)20-17(18-3)19-12-13(2)14-9-6-5-7-10-14;/h5-7,9-10,13,15-16H,4,8,11-12H2,1-3H3,(H2,18,19,20);1H. The number of nitrogens with one attached hydrogen (secondary N) is 2. The molecular formula is C17H28IN3. The monoisotopic (exact) mass is 401 g/mol. The van der Waals surface area contributed by atoms with Crippen LogP contribution in [0.2, 0.25) is 0 Å². The number of nitrogens with zero attached hydrogens (tertiary/aromatic N) is 1. The van der Waals surface area contributed by atoms with Gasteiger partial charge in [0.1, 0.15) is 0 Å². The van der Waals surface area contributed by atoms with E-state index in [0.29, 0.717) is 12.0 Å². The van der Waals surface area contributed by atoms with Crippen LogP contribution >= 0.6 is 24.0 Å². The average molecular weight is 401 g/mol. The van der Waals surface area contributed by atoms with E-state index >= 15 is 0 Å². The lowest BCUT2D eigenvalue weighted by molar-refractivity contribution is 0.647. The van der Waals surface area contributed by atoms with Gasteiger partial charge in [-0.05, 0) is 30.2 Å². The lowest BCUT2D eigenvalue weighted by Gasteiger charge is -2.16. The van der Waals surface area contributed by atoms with Gasteiger partial charge >= 0.3 is 0 Å². The maximum atomic E-state index is 4.32. The quantitative estimate of drug-likeness (QED) is 0.433. The maximum absolute atomic E-state index is 4.32. The highest BCUT2D eigenvalue weighted by Gasteiger charge is 2.36. The second-order valence-electron chi connectivity index (χ2n) is 5.80. The van der Waals surface area contributed by atoms with Gasteiger partial charge in [0.25, 0.3) is 0 Å². The molecule has 0 spiro atoms. The summed E-state index contributed by atoms with van der Waals surface area (Å²) in [7, 11) is 1.85. The fourth-order valence-electron chi connectivity index (χ4n) is 2.63. The minimum Gasteiger partial charge on any atom is -0.356 e. The highest BCUT2D eigenvalue weighted by molar-refractivity contribution is 14.0. The van der Waals surface area contributed by atoms with Crippen LogP contribution in [0.3, 0.4) is 0 Å². The van der Waals surface area contributed by atoms with Gasteiger partial charge in [-0.1, -0.05) is 50.6 Å². The van der Waals surface area contributed by atoms with Gasteiger partial charge in [0, 0.05) is 19.6 Å². The minimum atomic E-state index is 0. The molecule has 4 heteroatoms. The molecule has 21 heavy (non-hydrogen) atoms. The van der Waals surface area contributed by atoms with E-state index in [4.69, 9.17) is 0 Å². The molecule has 1 aromatic rings. The van der Waals surface area contributed by atoms with Crippen LogP contribution in [0.15, 0.2) is 35.3 Å². The fraction of sp³-hybridized carbons (Fsp3) is 0.588. The summed E-state index contributed by atoms with van der Waals surface area (Å²) in [4.78, 5) is 4.32. The lowest BCUT2D eigenvalue weighted by atomic mass is 10.0. The highest BCUT2D eigenvalue weighted by Crippen LogP contribution is 2.34. The van der Waals surface area contributed by atoms with Crippen LogP contribution in [0.4, 0.5) is 0 Å². The average Bonchev–Trinajstić information content (AvgIpc) is 3.22. The molecule has 0 aromatic heterocycles. The number of guanidine groups is 1. The first-order chi connectivity index (χ1) is 9.74. The third-order valence-corrected chi connectivity index (χ3v) is 4.07. The largest absolute Gasteiger partial charge is 0.356 e. The van der Waals surface area contributed by atoms with Crippen LogP contribution in [0.5, 0.6) is 0 Å². The van der Waals surface area contributed by atoms with E-state index in [0.717, 1.165) is 18.4 Å². The number of rotatable bonds is 6. The molecular weight excluding hydrogens is 373 g/mol. The minimum absolute atomic E-state index is 0. The normalized spacial score (nSPS) is 22.1. The van der Waals surface area contributed by atoms with Crippen molar-refractivity contribution in [1.82, 2.24) is 10.6 Å². The van der Waals surface area contributed by atoms with Crippen molar-refractivity contribution in [2.45, 2.75) is 45.1 Å². The summed E-state index contributed by atoms with van der Waals surface area (Å²) in [5, 5.41) is 6.96. The van der Waals surface area contributed by atoms with E-state index in [2.05, 4.69) is 59.8 Å². The van der Waals surface area contributed by atoms with Crippen LogP contribution in [-0.4, -0.2) is 25.6 Å². The number of hydrogen-bond acceptors (Lipinski definition) is 1. The van der Waals surface area contributed by atoms with Gasteiger partial charge in [-0.2, -0.15) is 0 Å². The van der Waals surface area contributed by atoms with E-state index in [1.807, 2.05) is 7.05 Å². The van der Waals surface area contributed by atoms with E-state index in [-0.39, 0.29) is 24.0 Å². The van der Waals surface area contributed by atoms with Gasteiger partial charge in [-0.25, -0.2) is 0 Å². The van der Waals surface area contributed by atoms with E-state index in [1.54, 1.807) is 0 Å². The predicted octanol–water partition coefficient (Wildman–Crippen LogP) is 3.76. The smallest absolute Gasteiger partial charge is 0.191 e. The summed E-state index contributed by atoms with van der Waals surface area (Å²) in [6, 6.07) is 11.2. The molecule has 2 N–H and O–H groups in total. The van der Waals surface area contributed by atoms with Gasteiger partial charge in [0.2, 0.25) is 0 Å². The summed E-state index contributed by atoms with van der Waals surface area (Å²) in [6.07, 6.45) is 3.90. The maximum Gasteiger partial charge on any atom is 0.191 e. The zero-order valence-electron chi connectivity index (χ0n) is 13.3. The second-order valence-corrected chi connectivity index (χ2v) is 5.80. The zero-order chi connectivity index (χ0) is 14.4. The number of halogens is 1. The molecule has 0 bridgehead atoms. The Labute approximate surface area is 146 Å². The Morgan fingerprint density at radius 2 is 2.05 bits per heavy atom. The summed E-state index contributed by atoms with van der Waals surface area (Å²) < 4.78 is 0. The van der Waals surface area contributed by atoms with Crippen molar-refractivity contribution in [3.8, 4) is 0 Å². The van der Waals surface area contributed by atoms with E-state index in [1.165, 1.54) is 24.8 Å². The first kappa shape index (κ1) is 18.3. The fourth-order valence-corrected chi connectivity index (χ4v) is 2.63. The van der Waals surface area contributed by atoms with Gasteiger partial charge in [-0.15, -0.1) is 24.0 Å². The molecule has 1 aromatic carbocycles.